The molecule has 0 N–H and O–H groups in total. The molecule has 1 saturated heterocycles. The number of halogens is 1. The van der Waals surface area contributed by atoms with Crippen LogP contribution in [-0.4, -0.2) is 47.8 Å². The van der Waals surface area contributed by atoms with Crippen LogP contribution in [0.1, 0.15) is 17.4 Å². The lowest BCUT2D eigenvalue weighted by Crippen LogP contribution is -2.52. The first kappa shape index (κ1) is 18.6. The lowest BCUT2D eigenvalue weighted by atomic mass is 9.99. The van der Waals surface area contributed by atoms with Gasteiger partial charge in [-0.25, -0.2) is 4.39 Å². The maximum atomic E-state index is 13.8. The van der Waals surface area contributed by atoms with Crippen LogP contribution in [0.4, 0.5) is 4.39 Å². The highest BCUT2D eigenvalue weighted by Gasteiger charge is 2.27. The second kappa shape index (κ2) is 8.45. The van der Waals surface area contributed by atoms with Gasteiger partial charge in [0.2, 0.25) is 11.8 Å². The lowest BCUT2D eigenvalue weighted by Gasteiger charge is -2.36. The maximum Gasteiger partial charge on any atom is 0.227 e. The van der Waals surface area contributed by atoms with Crippen LogP contribution >= 0.6 is 11.3 Å². The predicted molar refractivity (Wildman–Crippen MR) is 100 cm³/mol. The van der Waals surface area contributed by atoms with E-state index >= 15 is 0 Å². The zero-order valence-corrected chi connectivity index (χ0v) is 15.7. The highest BCUT2D eigenvalue weighted by Crippen LogP contribution is 2.17. The average Bonchev–Trinajstić information content (AvgIpc) is 3.16. The molecule has 1 aromatic carbocycles. The van der Waals surface area contributed by atoms with E-state index in [2.05, 4.69) is 0 Å². The SMILES string of the molecule is CC(Cc1ccccc1F)C(=O)N1CCN(C(=O)Cc2cccs2)CC1. The third kappa shape index (κ3) is 4.49. The minimum atomic E-state index is -0.278. The molecule has 26 heavy (non-hydrogen) atoms. The first-order valence-corrected chi connectivity index (χ1v) is 9.75. The van der Waals surface area contributed by atoms with Crippen LogP contribution in [0.25, 0.3) is 0 Å². The van der Waals surface area contributed by atoms with Gasteiger partial charge in [0, 0.05) is 37.0 Å². The Bertz CT molecular complexity index is 755. The van der Waals surface area contributed by atoms with Gasteiger partial charge < -0.3 is 9.80 Å². The lowest BCUT2D eigenvalue weighted by molar-refractivity contribution is -0.141. The number of hydrogen-bond acceptors (Lipinski definition) is 3. The van der Waals surface area contributed by atoms with E-state index in [9.17, 15) is 14.0 Å². The van der Waals surface area contributed by atoms with Crippen molar-refractivity contribution in [2.24, 2.45) is 5.92 Å². The zero-order valence-electron chi connectivity index (χ0n) is 14.9. The molecule has 1 unspecified atom stereocenters. The third-order valence-electron chi connectivity index (χ3n) is 4.76. The summed E-state index contributed by atoms with van der Waals surface area (Å²) >= 11 is 1.58. The number of rotatable bonds is 5. The van der Waals surface area contributed by atoms with Gasteiger partial charge in [0.25, 0.3) is 0 Å². The standard InChI is InChI=1S/C20H23FN2O2S/c1-15(13-16-5-2-3-7-18(16)21)20(25)23-10-8-22(9-11-23)19(24)14-17-6-4-12-26-17/h2-7,12,15H,8-11,13-14H2,1H3. The van der Waals surface area contributed by atoms with Crippen LogP contribution in [0.5, 0.6) is 0 Å². The Hall–Kier alpha value is -2.21. The van der Waals surface area contributed by atoms with Gasteiger partial charge in [-0.3, -0.25) is 9.59 Å². The predicted octanol–water partition coefficient (Wildman–Crippen LogP) is 2.98. The van der Waals surface area contributed by atoms with Crippen molar-refractivity contribution in [2.75, 3.05) is 26.2 Å². The number of nitrogens with zero attached hydrogens (tertiary/aromatic N) is 2. The van der Waals surface area contributed by atoms with Gasteiger partial charge in [-0.1, -0.05) is 31.2 Å². The van der Waals surface area contributed by atoms with Crippen molar-refractivity contribution in [3.8, 4) is 0 Å². The highest BCUT2D eigenvalue weighted by atomic mass is 32.1. The number of amides is 2. The molecule has 0 radical (unpaired) electrons. The molecular weight excluding hydrogens is 351 g/mol. The molecule has 1 fully saturated rings. The number of carbonyl (C=O) groups is 2. The summed E-state index contributed by atoms with van der Waals surface area (Å²) in [5.41, 5.74) is 0.568. The van der Waals surface area contributed by atoms with Crippen molar-refractivity contribution in [3.05, 3.63) is 58.0 Å². The van der Waals surface area contributed by atoms with Crippen molar-refractivity contribution < 1.29 is 14.0 Å². The number of benzene rings is 1. The van der Waals surface area contributed by atoms with Crippen molar-refractivity contribution >= 4 is 23.2 Å². The Labute approximate surface area is 157 Å². The van der Waals surface area contributed by atoms with E-state index in [1.54, 1.807) is 34.4 Å². The van der Waals surface area contributed by atoms with E-state index in [1.807, 2.05) is 29.3 Å². The van der Waals surface area contributed by atoms with Crippen molar-refractivity contribution in [1.29, 1.82) is 0 Å². The smallest absolute Gasteiger partial charge is 0.227 e. The van der Waals surface area contributed by atoms with Crippen molar-refractivity contribution in [2.45, 2.75) is 19.8 Å². The van der Waals surface area contributed by atoms with E-state index in [-0.39, 0.29) is 23.5 Å². The molecule has 6 heteroatoms. The highest BCUT2D eigenvalue weighted by molar-refractivity contribution is 7.10. The molecule has 1 aliphatic heterocycles. The van der Waals surface area contributed by atoms with Gasteiger partial charge in [-0.05, 0) is 29.5 Å². The fourth-order valence-corrected chi connectivity index (χ4v) is 3.94. The van der Waals surface area contributed by atoms with Gasteiger partial charge in [-0.2, -0.15) is 0 Å². The number of piperazine rings is 1. The molecule has 138 valence electrons. The Morgan fingerprint density at radius 3 is 2.42 bits per heavy atom. The van der Waals surface area contributed by atoms with E-state index in [1.165, 1.54) is 6.07 Å². The summed E-state index contributed by atoms with van der Waals surface area (Å²) in [6.07, 6.45) is 0.818. The Kier molecular flexibility index (Phi) is 6.04. The Morgan fingerprint density at radius 2 is 1.77 bits per heavy atom. The molecule has 3 rings (SSSR count). The Balaban J connectivity index is 1.50. The van der Waals surface area contributed by atoms with E-state index in [4.69, 9.17) is 0 Å². The summed E-state index contributed by atoms with van der Waals surface area (Å²) in [4.78, 5) is 29.7. The fraction of sp³-hybridized carbons (Fsp3) is 0.400. The first-order valence-electron chi connectivity index (χ1n) is 8.87. The van der Waals surface area contributed by atoms with Gasteiger partial charge in [-0.15, -0.1) is 11.3 Å². The second-order valence-electron chi connectivity index (χ2n) is 6.66. The summed E-state index contributed by atoms with van der Waals surface area (Å²) in [6.45, 7) is 4.03. The van der Waals surface area contributed by atoms with E-state index in [0.717, 1.165) is 4.88 Å². The largest absolute Gasteiger partial charge is 0.339 e. The fourth-order valence-electron chi connectivity index (χ4n) is 3.24. The van der Waals surface area contributed by atoms with Crippen molar-refractivity contribution in [3.63, 3.8) is 0 Å². The second-order valence-corrected chi connectivity index (χ2v) is 7.69. The van der Waals surface area contributed by atoms with E-state index < -0.39 is 0 Å². The quantitative estimate of drug-likeness (QED) is 0.807. The molecule has 0 aliphatic carbocycles. The normalized spacial score (nSPS) is 15.8. The number of hydrogen-bond donors (Lipinski definition) is 0. The molecule has 0 spiro atoms. The summed E-state index contributed by atoms with van der Waals surface area (Å²) in [5.74, 6) is -0.408. The molecule has 1 atom stereocenters. The molecule has 0 saturated carbocycles. The van der Waals surface area contributed by atoms with Crippen LogP contribution in [0.2, 0.25) is 0 Å². The average molecular weight is 374 g/mol. The zero-order chi connectivity index (χ0) is 18.5. The topological polar surface area (TPSA) is 40.6 Å². The Morgan fingerprint density at radius 1 is 1.08 bits per heavy atom. The van der Waals surface area contributed by atoms with Gasteiger partial charge in [0.15, 0.2) is 0 Å². The molecule has 0 bridgehead atoms. The molecule has 2 heterocycles. The summed E-state index contributed by atoms with van der Waals surface area (Å²) in [6, 6.07) is 10.5. The third-order valence-corrected chi connectivity index (χ3v) is 5.63. The summed E-state index contributed by atoms with van der Waals surface area (Å²) in [5, 5.41) is 1.97. The molecule has 2 aromatic rings. The van der Waals surface area contributed by atoms with Crippen LogP contribution in [0.15, 0.2) is 41.8 Å². The molecule has 1 aliphatic rings. The molecule has 4 nitrogen and oxygen atoms in total. The van der Waals surface area contributed by atoms with Crippen molar-refractivity contribution in [1.82, 2.24) is 9.80 Å². The van der Waals surface area contributed by atoms with Crippen LogP contribution in [0.3, 0.4) is 0 Å². The molecule has 1 aromatic heterocycles. The van der Waals surface area contributed by atoms with Gasteiger partial charge >= 0.3 is 0 Å². The number of thiophene rings is 1. The monoisotopic (exact) mass is 374 g/mol. The van der Waals surface area contributed by atoms with Crippen LogP contribution in [-0.2, 0) is 22.4 Å². The summed E-state index contributed by atoms with van der Waals surface area (Å²) in [7, 11) is 0. The molecular formula is C20H23FN2O2S. The molecule has 2 amide bonds. The number of carbonyl (C=O) groups excluding carboxylic acids is 2. The van der Waals surface area contributed by atoms with Crippen LogP contribution in [0, 0.1) is 11.7 Å². The minimum absolute atomic E-state index is 0.0265. The summed E-state index contributed by atoms with van der Waals surface area (Å²) < 4.78 is 13.8. The minimum Gasteiger partial charge on any atom is -0.339 e. The van der Waals surface area contributed by atoms with Gasteiger partial charge in [0.1, 0.15) is 5.82 Å². The maximum absolute atomic E-state index is 13.8. The van der Waals surface area contributed by atoms with E-state index in [0.29, 0.717) is 44.6 Å². The van der Waals surface area contributed by atoms with Crippen LogP contribution < -0.4 is 0 Å². The first-order chi connectivity index (χ1) is 12.5. The van der Waals surface area contributed by atoms with Gasteiger partial charge in [0.05, 0.1) is 6.42 Å².